The Labute approximate surface area is 128 Å². The Morgan fingerprint density at radius 1 is 1.10 bits per heavy atom. The number of carbonyl (C=O) groups excluding carboxylic acids is 1. The number of halogens is 1. The molecule has 0 fully saturated rings. The molecule has 1 aromatic heterocycles. The molecule has 2 aromatic carbocycles. The molecule has 3 aromatic rings. The minimum Gasteiger partial charge on any atom is -0.322 e. The van der Waals surface area contributed by atoms with Gasteiger partial charge >= 0.3 is 0 Å². The summed E-state index contributed by atoms with van der Waals surface area (Å²) in [5.74, 6) is -0.169. The summed E-state index contributed by atoms with van der Waals surface area (Å²) in [6.45, 7) is 0. The van der Waals surface area contributed by atoms with Gasteiger partial charge in [0.05, 0.1) is 11.3 Å². The lowest BCUT2D eigenvalue weighted by atomic mass is 10.2. The van der Waals surface area contributed by atoms with Crippen LogP contribution in [0.5, 0.6) is 0 Å². The fraction of sp³-hybridized carbons (Fsp3) is 0. The zero-order valence-electron chi connectivity index (χ0n) is 10.8. The Balaban J connectivity index is 1.77. The van der Waals surface area contributed by atoms with Crippen LogP contribution in [0.1, 0.15) is 10.4 Å². The number of anilines is 1. The van der Waals surface area contributed by atoms with E-state index in [1.807, 2.05) is 30.3 Å². The first-order chi connectivity index (χ1) is 10.2. The van der Waals surface area contributed by atoms with E-state index in [1.165, 1.54) is 6.33 Å². The maximum atomic E-state index is 12.2. The maximum Gasteiger partial charge on any atom is 0.256 e. The predicted octanol–water partition coefficient (Wildman–Crippen LogP) is 2.68. The van der Waals surface area contributed by atoms with Crippen LogP contribution in [0.15, 0.2) is 59.3 Å². The van der Waals surface area contributed by atoms with Crippen LogP contribution in [0.2, 0.25) is 0 Å². The molecule has 7 heteroatoms. The van der Waals surface area contributed by atoms with Gasteiger partial charge in [-0.05, 0) is 62.8 Å². The number of tetrazole rings is 1. The largest absolute Gasteiger partial charge is 0.322 e. The summed E-state index contributed by atoms with van der Waals surface area (Å²) in [4.78, 5) is 12.2. The second-order valence-corrected chi connectivity index (χ2v) is 5.09. The number of rotatable bonds is 3. The standard InChI is InChI=1S/C14H10BrN5O/c15-13-4-2-1-3-12(13)14(21)17-10-5-7-11(8-6-10)20-9-16-18-19-20/h1-9H,(H,17,21). The first-order valence-electron chi connectivity index (χ1n) is 6.13. The van der Waals surface area contributed by atoms with Gasteiger partial charge in [-0.2, -0.15) is 0 Å². The summed E-state index contributed by atoms with van der Waals surface area (Å²) in [7, 11) is 0. The normalized spacial score (nSPS) is 10.3. The van der Waals surface area contributed by atoms with Crippen LogP contribution in [0.25, 0.3) is 5.69 Å². The van der Waals surface area contributed by atoms with Gasteiger partial charge in [-0.15, -0.1) is 5.10 Å². The van der Waals surface area contributed by atoms with Crippen LogP contribution >= 0.6 is 15.9 Å². The molecule has 0 radical (unpaired) electrons. The average Bonchev–Trinajstić information content (AvgIpc) is 3.02. The smallest absolute Gasteiger partial charge is 0.256 e. The molecule has 0 saturated heterocycles. The lowest BCUT2D eigenvalue weighted by Gasteiger charge is -2.07. The highest BCUT2D eigenvalue weighted by Crippen LogP contribution is 2.18. The van der Waals surface area contributed by atoms with Crippen molar-refractivity contribution in [2.45, 2.75) is 0 Å². The van der Waals surface area contributed by atoms with Gasteiger partial charge in [0.1, 0.15) is 6.33 Å². The van der Waals surface area contributed by atoms with E-state index < -0.39 is 0 Å². The summed E-state index contributed by atoms with van der Waals surface area (Å²) < 4.78 is 2.30. The molecule has 0 aliphatic carbocycles. The van der Waals surface area contributed by atoms with Crippen molar-refractivity contribution in [2.75, 3.05) is 5.32 Å². The number of amides is 1. The number of carbonyl (C=O) groups is 1. The van der Waals surface area contributed by atoms with Crippen LogP contribution in [0.4, 0.5) is 5.69 Å². The van der Waals surface area contributed by atoms with Gasteiger partial charge in [-0.3, -0.25) is 4.79 Å². The number of hydrogen-bond acceptors (Lipinski definition) is 4. The van der Waals surface area contributed by atoms with Gasteiger partial charge in [-0.1, -0.05) is 12.1 Å². The summed E-state index contributed by atoms with van der Waals surface area (Å²) in [5, 5.41) is 13.8. The Morgan fingerprint density at radius 3 is 2.52 bits per heavy atom. The molecule has 0 aliphatic rings. The molecule has 21 heavy (non-hydrogen) atoms. The summed E-state index contributed by atoms with van der Waals surface area (Å²) in [6.07, 6.45) is 1.51. The van der Waals surface area contributed by atoms with Crippen molar-refractivity contribution in [1.82, 2.24) is 20.2 Å². The van der Waals surface area contributed by atoms with Crippen LogP contribution in [0.3, 0.4) is 0 Å². The molecule has 3 rings (SSSR count). The predicted molar refractivity (Wildman–Crippen MR) is 81.2 cm³/mol. The van der Waals surface area contributed by atoms with Gasteiger partial charge in [0, 0.05) is 10.2 Å². The molecule has 0 atom stereocenters. The number of benzene rings is 2. The molecule has 0 bridgehead atoms. The van der Waals surface area contributed by atoms with E-state index in [1.54, 1.807) is 22.9 Å². The molecule has 6 nitrogen and oxygen atoms in total. The highest BCUT2D eigenvalue weighted by Gasteiger charge is 2.09. The Bertz CT molecular complexity index is 755. The molecular formula is C14H10BrN5O. The van der Waals surface area contributed by atoms with Crippen molar-refractivity contribution in [3.63, 3.8) is 0 Å². The SMILES string of the molecule is O=C(Nc1ccc(-n2cnnn2)cc1)c1ccccc1Br. The van der Waals surface area contributed by atoms with E-state index in [-0.39, 0.29) is 5.91 Å². The molecular weight excluding hydrogens is 334 g/mol. The molecule has 104 valence electrons. The molecule has 0 spiro atoms. The van der Waals surface area contributed by atoms with Crippen molar-refractivity contribution in [1.29, 1.82) is 0 Å². The molecule has 1 amide bonds. The third-order valence-corrected chi connectivity index (χ3v) is 3.55. The van der Waals surface area contributed by atoms with Crippen molar-refractivity contribution >= 4 is 27.5 Å². The Morgan fingerprint density at radius 2 is 1.86 bits per heavy atom. The van der Waals surface area contributed by atoms with E-state index in [4.69, 9.17) is 0 Å². The van der Waals surface area contributed by atoms with Crippen LogP contribution in [-0.2, 0) is 0 Å². The van der Waals surface area contributed by atoms with E-state index in [2.05, 4.69) is 36.8 Å². The summed E-state index contributed by atoms with van der Waals surface area (Å²) >= 11 is 3.36. The maximum absolute atomic E-state index is 12.2. The van der Waals surface area contributed by atoms with Crippen LogP contribution < -0.4 is 5.32 Å². The summed E-state index contributed by atoms with van der Waals surface area (Å²) in [6, 6.07) is 14.5. The number of nitrogens with zero attached hydrogens (tertiary/aromatic N) is 4. The van der Waals surface area contributed by atoms with Crippen molar-refractivity contribution in [2.24, 2.45) is 0 Å². The average molecular weight is 344 g/mol. The highest BCUT2D eigenvalue weighted by atomic mass is 79.9. The topological polar surface area (TPSA) is 72.7 Å². The molecule has 0 aliphatic heterocycles. The van der Waals surface area contributed by atoms with Gasteiger partial charge in [0.2, 0.25) is 0 Å². The lowest BCUT2D eigenvalue weighted by Crippen LogP contribution is -2.12. The van der Waals surface area contributed by atoms with Crippen molar-refractivity contribution in [3.05, 3.63) is 64.9 Å². The van der Waals surface area contributed by atoms with Crippen molar-refractivity contribution < 1.29 is 4.79 Å². The minimum atomic E-state index is -0.169. The van der Waals surface area contributed by atoms with E-state index in [0.717, 1.165) is 10.2 Å². The highest BCUT2D eigenvalue weighted by molar-refractivity contribution is 9.10. The van der Waals surface area contributed by atoms with E-state index >= 15 is 0 Å². The minimum absolute atomic E-state index is 0.169. The van der Waals surface area contributed by atoms with Crippen LogP contribution in [-0.4, -0.2) is 26.1 Å². The second-order valence-electron chi connectivity index (χ2n) is 4.24. The Kier molecular flexibility index (Phi) is 3.74. The lowest BCUT2D eigenvalue weighted by molar-refractivity contribution is 0.102. The van der Waals surface area contributed by atoms with Crippen LogP contribution in [0, 0.1) is 0 Å². The molecule has 1 N–H and O–H groups in total. The molecule has 0 saturated carbocycles. The van der Waals surface area contributed by atoms with Crippen molar-refractivity contribution in [3.8, 4) is 5.69 Å². The van der Waals surface area contributed by atoms with Gasteiger partial charge in [-0.25, -0.2) is 4.68 Å². The number of hydrogen-bond donors (Lipinski definition) is 1. The quantitative estimate of drug-likeness (QED) is 0.793. The number of aromatic nitrogens is 4. The van der Waals surface area contributed by atoms with Gasteiger partial charge in [0.15, 0.2) is 0 Å². The number of nitrogens with one attached hydrogen (secondary N) is 1. The zero-order chi connectivity index (χ0) is 14.7. The molecule has 1 heterocycles. The fourth-order valence-electron chi connectivity index (χ4n) is 1.82. The monoisotopic (exact) mass is 343 g/mol. The zero-order valence-corrected chi connectivity index (χ0v) is 12.4. The first kappa shape index (κ1) is 13.4. The first-order valence-corrected chi connectivity index (χ1v) is 6.92. The molecule has 0 unspecified atom stereocenters. The fourth-order valence-corrected chi connectivity index (χ4v) is 2.29. The summed E-state index contributed by atoms with van der Waals surface area (Å²) in [5.41, 5.74) is 2.11. The van der Waals surface area contributed by atoms with E-state index in [0.29, 0.717) is 11.3 Å². The Hall–Kier alpha value is -2.54. The van der Waals surface area contributed by atoms with Gasteiger partial charge in [0.25, 0.3) is 5.91 Å². The second kappa shape index (κ2) is 5.84. The van der Waals surface area contributed by atoms with Gasteiger partial charge < -0.3 is 5.32 Å². The van der Waals surface area contributed by atoms with E-state index in [9.17, 15) is 4.79 Å². The third-order valence-electron chi connectivity index (χ3n) is 2.86. The third kappa shape index (κ3) is 2.97.